The first-order valence-corrected chi connectivity index (χ1v) is 6.44. The van der Waals surface area contributed by atoms with Crippen molar-refractivity contribution in [1.82, 2.24) is 10.6 Å². The summed E-state index contributed by atoms with van der Waals surface area (Å²) >= 11 is 0. The molecule has 0 saturated carbocycles. The highest BCUT2D eigenvalue weighted by atomic mass is 16.5. The maximum Gasteiger partial charge on any atom is 0.326 e. The summed E-state index contributed by atoms with van der Waals surface area (Å²) in [5.74, 6) is -2.09. The number of carbonyl (C=O) groups is 4. The first-order valence-electron chi connectivity index (χ1n) is 6.44. The number of ether oxygens (including phenoxy) is 1. The summed E-state index contributed by atoms with van der Waals surface area (Å²) in [4.78, 5) is 45.1. The smallest absolute Gasteiger partial charge is 0.326 e. The van der Waals surface area contributed by atoms with Crippen LogP contribution in [-0.4, -0.2) is 36.5 Å². The predicted molar refractivity (Wildman–Crippen MR) is 76.8 cm³/mol. The molecule has 1 aromatic rings. The molecule has 8 nitrogen and oxygen atoms in total. The number of hydrogen-bond acceptors (Lipinski definition) is 5. The van der Waals surface area contributed by atoms with Crippen LogP contribution in [0.15, 0.2) is 24.3 Å². The topological polar surface area (TPSA) is 128 Å². The number of aryl methyl sites for hydroxylation is 1. The molecule has 0 spiro atoms. The first-order chi connectivity index (χ1) is 10.3. The fourth-order valence-corrected chi connectivity index (χ4v) is 1.56. The van der Waals surface area contributed by atoms with Crippen molar-refractivity contribution >= 4 is 23.8 Å². The van der Waals surface area contributed by atoms with Crippen molar-refractivity contribution in [2.75, 3.05) is 6.54 Å². The molecule has 1 atom stereocenters. The van der Waals surface area contributed by atoms with Crippen LogP contribution in [0.1, 0.15) is 22.8 Å². The molecule has 4 N–H and O–H groups in total. The lowest BCUT2D eigenvalue weighted by Crippen LogP contribution is -2.43. The van der Waals surface area contributed by atoms with Crippen LogP contribution in [0, 0.1) is 6.92 Å². The number of imide groups is 1. The molecule has 22 heavy (non-hydrogen) atoms. The normalized spacial score (nSPS) is 11.2. The van der Waals surface area contributed by atoms with Gasteiger partial charge in [0.25, 0.3) is 11.8 Å². The molecule has 0 heterocycles. The van der Waals surface area contributed by atoms with Gasteiger partial charge < -0.3 is 15.8 Å². The van der Waals surface area contributed by atoms with Gasteiger partial charge in [-0.3, -0.25) is 19.7 Å². The molecular formula is C14H17N3O5. The summed E-state index contributed by atoms with van der Waals surface area (Å²) in [7, 11) is 0. The first kappa shape index (κ1) is 17.2. The average Bonchev–Trinajstić information content (AvgIpc) is 2.43. The van der Waals surface area contributed by atoms with Gasteiger partial charge in [0.1, 0.15) is 6.54 Å². The second-order valence-corrected chi connectivity index (χ2v) is 4.54. The second kappa shape index (κ2) is 7.77. The van der Waals surface area contributed by atoms with E-state index in [0.29, 0.717) is 5.56 Å². The summed E-state index contributed by atoms with van der Waals surface area (Å²) in [5.41, 5.74) is 6.09. The van der Waals surface area contributed by atoms with E-state index in [9.17, 15) is 19.2 Å². The molecule has 0 aromatic heterocycles. The summed E-state index contributed by atoms with van der Waals surface area (Å²) in [6.45, 7) is 2.71. The molecule has 8 heteroatoms. The molecule has 1 aromatic carbocycles. The van der Waals surface area contributed by atoms with Crippen molar-refractivity contribution in [2.45, 2.75) is 20.0 Å². The van der Waals surface area contributed by atoms with Crippen LogP contribution in [-0.2, 0) is 14.3 Å². The Bertz CT molecular complexity index is 600. The van der Waals surface area contributed by atoms with Gasteiger partial charge in [-0.15, -0.1) is 0 Å². The quantitative estimate of drug-likeness (QED) is 0.652. The van der Waals surface area contributed by atoms with E-state index in [1.807, 2.05) is 13.0 Å². The monoisotopic (exact) mass is 307 g/mol. The van der Waals surface area contributed by atoms with Gasteiger partial charge in [-0.1, -0.05) is 17.7 Å². The van der Waals surface area contributed by atoms with E-state index in [1.165, 1.54) is 6.92 Å². The molecule has 0 saturated heterocycles. The minimum absolute atomic E-state index is 0.402. The van der Waals surface area contributed by atoms with Crippen molar-refractivity contribution in [3.05, 3.63) is 35.4 Å². The van der Waals surface area contributed by atoms with Crippen LogP contribution in [0.25, 0.3) is 0 Å². The molecule has 4 amide bonds. The zero-order valence-corrected chi connectivity index (χ0v) is 12.2. The maximum absolute atomic E-state index is 11.8. The molecular weight excluding hydrogens is 290 g/mol. The molecule has 0 aliphatic heterocycles. The minimum atomic E-state index is -1.20. The Labute approximate surface area is 127 Å². The van der Waals surface area contributed by atoms with E-state index in [-0.39, 0.29) is 0 Å². The van der Waals surface area contributed by atoms with E-state index >= 15 is 0 Å². The number of nitrogens with two attached hydrogens (primary N) is 1. The van der Waals surface area contributed by atoms with Crippen molar-refractivity contribution in [1.29, 1.82) is 0 Å². The number of esters is 1. The van der Waals surface area contributed by atoms with Crippen molar-refractivity contribution < 1.29 is 23.9 Å². The third-order valence-corrected chi connectivity index (χ3v) is 2.60. The summed E-state index contributed by atoms with van der Waals surface area (Å²) in [6, 6.07) is 5.80. The third-order valence-electron chi connectivity index (χ3n) is 2.60. The van der Waals surface area contributed by atoms with Crippen molar-refractivity contribution in [3.8, 4) is 0 Å². The maximum atomic E-state index is 11.8. The minimum Gasteiger partial charge on any atom is -0.451 e. The zero-order chi connectivity index (χ0) is 16.7. The van der Waals surface area contributed by atoms with Crippen LogP contribution < -0.4 is 16.4 Å². The van der Waals surface area contributed by atoms with Gasteiger partial charge in [0.15, 0.2) is 6.10 Å². The Morgan fingerprint density at radius 3 is 2.55 bits per heavy atom. The molecule has 0 aliphatic carbocycles. The largest absolute Gasteiger partial charge is 0.451 e. The van der Waals surface area contributed by atoms with Crippen LogP contribution in [0.2, 0.25) is 0 Å². The number of benzene rings is 1. The van der Waals surface area contributed by atoms with E-state index in [0.717, 1.165) is 5.56 Å². The van der Waals surface area contributed by atoms with Crippen molar-refractivity contribution in [2.24, 2.45) is 5.73 Å². The summed E-state index contributed by atoms with van der Waals surface area (Å²) < 4.78 is 4.75. The summed E-state index contributed by atoms with van der Waals surface area (Å²) in [6.07, 6.45) is -1.20. The van der Waals surface area contributed by atoms with E-state index in [2.05, 4.69) is 5.32 Å². The van der Waals surface area contributed by atoms with E-state index in [1.54, 1.807) is 23.5 Å². The fraction of sp³-hybridized carbons (Fsp3) is 0.286. The number of urea groups is 1. The Morgan fingerprint density at radius 2 is 1.95 bits per heavy atom. The Kier molecular flexibility index (Phi) is 6.06. The molecule has 1 rings (SSSR count). The van der Waals surface area contributed by atoms with Gasteiger partial charge >= 0.3 is 12.0 Å². The van der Waals surface area contributed by atoms with E-state index < -0.39 is 36.5 Å². The molecule has 118 valence electrons. The highest BCUT2D eigenvalue weighted by Crippen LogP contribution is 2.03. The van der Waals surface area contributed by atoms with Gasteiger partial charge in [-0.05, 0) is 26.0 Å². The van der Waals surface area contributed by atoms with Crippen LogP contribution in [0.3, 0.4) is 0 Å². The fourth-order valence-electron chi connectivity index (χ4n) is 1.56. The Balaban J connectivity index is 2.44. The number of nitrogens with one attached hydrogen (secondary N) is 2. The van der Waals surface area contributed by atoms with Gasteiger partial charge in [-0.25, -0.2) is 4.79 Å². The number of amides is 4. The SMILES string of the molecule is Cc1cccc(C(=O)NCC(=O)OC(C)C(=O)NC(N)=O)c1. The van der Waals surface area contributed by atoms with E-state index in [4.69, 9.17) is 10.5 Å². The highest BCUT2D eigenvalue weighted by molar-refractivity contribution is 5.97. The lowest BCUT2D eigenvalue weighted by Gasteiger charge is -2.12. The number of carbonyl (C=O) groups excluding carboxylic acids is 4. The zero-order valence-electron chi connectivity index (χ0n) is 12.2. The molecule has 0 bridgehead atoms. The molecule has 0 aliphatic rings. The van der Waals surface area contributed by atoms with Crippen LogP contribution >= 0.6 is 0 Å². The standard InChI is InChI=1S/C14H17N3O5/c1-8-4-3-5-10(6-8)13(20)16-7-11(18)22-9(2)12(19)17-14(15)21/h3-6,9H,7H2,1-2H3,(H,16,20)(H3,15,17,19,21). The van der Waals surface area contributed by atoms with Gasteiger partial charge in [0.05, 0.1) is 0 Å². The second-order valence-electron chi connectivity index (χ2n) is 4.54. The number of hydrogen-bond donors (Lipinski definition) is 3. The van der Waals surface area contributed by atoms with Gasteiger partial charge in [0.2, 0.25) is 0 Å². The predicted octanol–water partition coefficient (Wildman–Crippen LogP) is -0.149. The van der Waals surface area contributed by atoms with Crippen LogP contribution in [0.5, 0.6) is 0 Å². The van der Waals surface area contributed by atoms with Gasteiger partial charge in [-0.2, -0.15) is 0 Å². The molecule has 0 fully saturated rings. The van der Waals surface area contributed by atoms with Crippen molar-refractivity contribution in [3.63, 3.8) is 0 Å². The Morgan fingerprint density at radius 1 is 1.27 bits per heavy atom. The highest BCUT2D eigenvalue weighted by Gasteiger charge is 2.19. The molecule has 1 unspecified atom stereocenters. The van der Waals surface area contributed by atoms with Gasteiger partial charge in [0, 0.05) is 5.56 Å². The average molecular weight is 307 g/mol. The lowest BCUT2D eigenvalue weighted by atomic mass is 10.1. The Hall–Kier alpha value is -2.90. The number of primary amides is 1. The number of rotatable bonds is 5. The lowest BCUT2D eigenvalue weighted by molar-refractivity contribution is -0.153. The molecule has 0 radical (unpaired) electrons. The third kappa shape index (κ3) is 5.61. The van der Waals surface area contributed by atoms with Crippen LogP contribution in [0.4, 0.5) is 4.79 Å². The summed E-state index contributed by atoms with van der Waals surface area (Å²) in [5, 5.41) is 4.15.